The van der Waals surface area contributed by atoms with Gasteiger partial charge in [-0.15, -0.1) is 0 Å². The topological polar surface area (TPSA) is 40.5 Å². The molecular weight excluding hydrogens is 330 g/mol. The number of halogens is 4. The Bertz CT molecular complexity index is 628. The van der Waals surface area contributed by atoms with E-state index in [-0.39, 0.29) is 16.3 Å². The van der Waals surface area contributed by atoms with Crippen LogP contribution in [0.1, 0.15) is 17.2 Å². The van der Waals surface area contributed by atoms with Crippen molar-refractivity contribution in [3.05, 3.63) is 61.5 Å². The van der Waals surface area contributed by atoms with Gasteiger partial charge in [-0.2, -0.15) is 0 Å². The van der Waals surface area contributed by atoms with Crippen molar-refractivity contribution in [3.63, 3.8) is 0 Å². The van der Waals surface area contributed by atoms with Crippen LogP contribution in [0.2, 0.25) is 20.1 Å². The number of aliphatic hydroxyl groups is 1. The van der Waals surface area contributed by atoms with E-state index in [1.807, 2.05) is 0 Å². The minimum Gasteiger partial charge on any atom is -0.506 e. The first-order valence-electron chi connectivity index (χ1n) is 5.21. The third-order valence-corrected chi connectivity index (χ3v) is 3.86. The van der Waals surface area contributed by atoms with Gasteiger partial charge in [-0.05, 0) is 29.8 Å². The van der Waals surface area contributed by atoms with E-state index in [1.165, 1.54) is 18.2 Å². The van der Waals surface area contributed by atoms with Crippen molar-refractivity contribution in [3.8, 4) is 5.75 Å². The van der Waals surface area contributed by atoms with Crippen LogP contribution in [-0.2, 0) is 0 Å². The number of aliphatic hydroxyl groups excluding tert-OH is 1. The van der Waals surface area contributed by atoms with Crippen LogP contribution in [-0.4, -0.2) is 10.2 Å². The predicted molar refractivity (Wildman–Crippen MR) is 78.7 cm³/mol. The van der Waals surface area contributed by atoms with E-state index in [9.17, 15) is 10.2 Å². The highest BCUT2D eigenvalue weighted by molar-refractivity contribution is 6.42. The summed E-state index contributed by atoms with van der Waals surface area (Å²) in [5, 5.41) is 21.2. The largest absolute Gasteiger partial charge is 0.506 e. The average Bonchev–Trinajstić information content (AvgIpc) is 2.36. The molecule has 0 heterocycles. The molecule has 6 heteroatoms. The van der Waals surface area contributed by atoms with Gasteiger partial charge in [0.15, 0.2) is 0 Å². The second kappa shape index (κ2) is 5.78. The van der Waals surface area contributed by atoms with Gasteiger partial charge >= 0.3 is 0 Å². The zero-order valence-corrected chi connectivity index (χ0v) is 12.4. The van der Waals surface area contributed by atoms with Gasteiger partial charge < -0.3 is 10.2 Å². The van der Waals surface area contributed by atoms with Gasteiger partial charge in [-0.1, -0.05) is 52.5 Å². The van der Waals surface area contributed by atoms with E-state index >= 15 is 0 Å². The van der Waals surface area contributed by atoms with E-state index in [1.54, 1.807) is 12.1 Å². The zero-order valence-electron chi connectivity index (χ0n) is 9.37. The summed E-state index contributed by atoms with van der Waals surface area (Å²) in [5.74, 6) is -0.218. The van der Waals surface area contributed by atoms with Crippen LogP contribution >= 0.6 is 46.4 Å². The third-order valence-electron chi connectivity index (χ3n) is 2.61. The van der Waals surface area contributed by atoms with Crippen LogP contribution in [0.15, 0.2) is 30.3 Å². The molecule has 100 valence electrons. The summed E-state index contributed by atoms with van der Waals surface area (Å²) in [4.78, 5) is 0. The molecule has 2 aromatic rings. The molecule has 0 spiro atoms. The molecule has 0 fully saturated rings. The Morgan fingerprint density at radius 2 is 1.53 bits per heavy atom. The summed E-state index contributed by atoms with van der Waals surface area (Å²) in [6.45, 7) is 0. The van der Waals surface area contributed by atoms with Gasteiger partial charge in [0.1, 0.15) is 11.9 Å². The first-order valence-corrected chi connectivity index (χ1v) is 6.72. The number of hydrogen-bond donors (Lipinski definition) is 2. The summed E-state index contributed by atoms with van der Waals surface area (Å²) in [5.41, 5.74) is 0.680. The highest BCUT2D eigenvalue weighted by atomic mass is 35.5. The van der Waals surface area contributed by atoms with Crippen molar-refractivity contribution < 1.29 is 10.2 Å². The predicted octanol–water partition coefficient (Wildman–Crippen LogP) is 5.09. The second-order valence-corrected chi connectivity index (χ2v) is 5.56. The Morgan fingerprint density at radius 3 is 2.16 bits per heavy atom. The number of phenols is 1. The molecule has 0 saturated carbocycles. The summed E-state index contributed by atoms with van der Waals surface area (Å²) >= 11 is 23.4. The van der Waals surface area contributed by atoms with E-state index in [4.69, 9.17) is 46.4 Å². The Labute approximate surface area is 130 Å². The van der Waals surface area contributed by atoms with Crippen molar-refractivity contribution in [2.24, 2.45) is 0 Å². The molecule has 19 heavy (non-hydrogen) atoms. The van der Waals surface area contributed by atoms with Crippen molar-refractivity contribution >= 4 is 46.4 Å². The van der Waals surface area contributed by atoms with E-state index in [0.29, 0.717) is 20.6 Å². The van der Waals surface area contributed by atoms with Gasteiger partial charge in [0.2, 0.25) is 0 Å². The van der Waals surface area contributed by atoms with Crippen molar-refractivity contribution in [1.82, 2.24) is 0 Å². The fourth-order valence-corrected chi connectivity index (χ4v) is 2.47. The minimum atomic E-state index is -1.11. The summed E-state index contributed by atoms with van der Waals surface area (Å²) in [6, 6.07) is 7.51. The number of phenolic OH excluding ortho intramolecular Hbond substituents is 1. The van der Waals surface area contributed by atoms with Crippen LogP contribution in [0.25, 0.3) is 0 Å². The number of hydrogen-bond acceptors (Lipinski definition) is 2. The normalized spacial score (nSPS) is 12.5. The smallest absolute Gasteiger partial charge is 0.140 e. The number of rotatable bonds is 2. The molecule has 2 N–H and O–H groups in total. The first kappa shape index (κ1) is 14.8. The SMILES string of the molecule is Oc1c(Cl)cc(Cl)cc1C(O)c1ccc(Cl)c(Cl)c1. The number of aromatic hydroxyl groups is 1. The molecule has 1 unspecified atom stereocenters. The maximum absolute atomic E-state index is 10.3. The molecule has 0 amide bonds. The van der Waals surface area contributed by atoms with E-state index in [2.05, 4.69) is 0 Å². The minimum absolute atomic E-state index is 0.0709. The summed E-state index contributed by atoms with van der Waals surface area (Å²) in [7, 11) is 0. The van der Waals surface area contributed by atoms with Crippen molar-refractivity contribution in [2.45, 2.75) is 6.10 Å². The van der Waals surface area contributed by atoms with Gasteiger partial charge in [-0.25, -0.2) is 0 Å². The highest BCUT2D eigenvalue weighted by Gasteiger charge is 2.18. The second-order valence-electron chi connectivity index (χ2n) is 3.90. The molecule has 0 aliphatic carbocycles. The molecule has 0 saturated heterocycles. The molecule has 0 bridgehead atoms. The van der Waals surface area contributed by atoms with E-state index in [0.717, 1.165) is 0 Å². The third kappa shape index (κ3) is 3.10. The van der Waals surface area contributed by atoms with Crippen LogP contribution in [0, 0.1) is 0 Å². The average molecular weight is 338 g/mol. The van der Waals surface area contributed by atoms with Gasteiger partial charge in [0.25, 0.3) is 0 Å². The number of benzene rings is 2. The lowest BCUT2D eigenvalue weighted by Gasteiger charge is -2.15. The molecule has 2 aromatic carbocycles. The summed E-state index contributed by atoms with van der Waals surface area (Å²) in [6.07, 6.45) is -1.11. The first-order chi connectivity index (χ1) is 8.90. The maximum atomic E-state index is 10.3. The zero-order chi connectivity index (χ0) is 14.2. The molecule has 2 nitrogen and oxygen atoms in total. The Balaban J connectivity index is 2.49. The van der Waals surface area contributed by atoms with Gasteiger partial charge in [0, 0.05) is 10.6 Å². The quantitative estimate of drug-likeness (QED) is 0.801. The van der Waals surface area contributed by atoms with E-state index < -0.39 is 6.10 Å². The van der Waals surface area contributed by atoms with Gasteiger partial charge in [0.05, 0.1) is 15.1 Å². The van der Waals surface area contributed by atoms with Gasteiger partial charge in [-0.3, -0.25) is 0 Å². The molecule has 2 rings (SSSR count). The van der Waals surface area contributed by atoms with Crippen LogP contribution in [0.4, 0.5) is 0 Å². The Kier molecular flexibility index (Phi) is 4.49. The van der Waals surface area contributed by atoms with Crippen molar-refractivity contribution in [2.75, 3.05) is 0 Å². The lowest BCUT2D eigenvalue weighted by molar-refractivity contribution is 0.215. The Morgan fingerprint density at radius 1 is 0.842 bits per heavy atom. The molecular formula is C13H8Cl4O2. The van der Waals surface area contributed by atoms with Crippen LogP contribution < -0.4 is 0 Å². The van der Waals surface area contributed by atoms with Crippen molar-refractivity contribution in [1.29, 1.82) is 0 Å². The highest BCUT2D eigenvalue weighted by Crippen LogP contribution is 2.38. The monoisotopic (exact) mass is 336 g/mol. The summed E-state index contributed by atoms with van der Waals surface area (Å²) < 4.78 is 0. The van der Waals surface area contributed by atoms with Crippen LogP contribution in [0.5, 0.6) is 5.75 Å². The molecule has 0 radical (unpaired) electrons. The molecule has 0 aromatic heterocycles. The lowest BCUT2D eigenvalue weighted by atomic mass is 10.0. The molecule has 1 atom stereocenters. The standard InChI is InChI=1S/C13H8Cl4O2/c14-7-4-8(13(19)11(17)5-7)12(18)6-1-2-9(15)10(16)3-6/h1-5,12,18-19H. The Hall–Kier alpha value is -0.640. The fourth-order valence-electron chi connectivity index (χ4n) is 1.66. The van der Waals surface area contributed by atoms with Crippen LogP contribution in [0.3, 0.4) is 0 Å². The maximum Gasteiger partial charge on any atom is 0.140 e. The lowest BCUT2D eigenvalue weighted by Crippen LogP contribution is -2.00. The fraction of sp³-hybridized carbons (Fsp3) is 0.0769. The molecule has 0 aliphatic rings. The molecule has 0 aliphatic heterocycles.